The Morgan fingerprint density at radius 1 is 0.870 bits per heavy atom. The summed E-state index contributed by atoms with van der Waals surface area (Å²) < 4.78 is 0. The molecule has 0 aliphatic carbocycles. The Balaban J connectivity index is 3.56. The van der Waals surface area contributed by atoms with Crippen LogP contribution in [0.5, 0.6) is 0 Å². The molecule has 0 N–H and O–H groups in total. The molecule has 0 aromatic carbocycles. The highest BCUT2D eigenvalue weighted by Crippen LogP contribution is 2.17. The summed E-state index contributed by atoms with van der Waals surface area (Å²) in [5, 5.41) is -0.229. The largest absolute Gasteiger partial charge is 0.281 e. The normalized spacial score (nSPS) is 12.2. The monoisotopic (exact) mass is 343 g/mol. The van der Waals surface area contributed by atoms with E-state index in [0.717, 1.165) is 50.9 Å². The number of hydrogen-bond donors (Lipinski definition) is 0. The minimum absolute atomic E-state index is 0.167. The molecule has 0 amide bonds. The summed E-state index contributed by atoms with van der Waals surface area (Å²) in [6, 6.07) is 0.167. The molecule has 23 heavy (non-hydrogen) atoms. The average Bonchev–Trinajstić information content (AvgIpc) is 2.48. The van der Waals surface area contributed by atoms with Crippen molar-refractivity contribution in [3.05, 3.63) is 0 Å². The predicted octanol–water partition coefficient (Wildman–Crippen LogP) is 6.18. The third kappa shape index (κ3) is 17.5. The average molecular weight is 344 g/mol. The molecule has 0 rings (SSSR count). The summed E-state index contributed by atoms with van der Waals surface area (Å²) in [6.45, 7) is 4.51. The Hall–Kier alpha value is -0.660. The topological polar surface area (TPSA) is 46.5 Å². The Bertz CT molecular complexity index is 338. The van der Waals surface area contributed by atoms with E-state index in [4.69, 9.17) is 11.6 Å². The van der Waals surface area contributed by atoms with Crippen LogP contribution in [-0.4, -0.2) is 17.4 Å². The number of unbranched alkanes of at least 4 members (excludes halogenated alkanes) is 7. The van der Waals surface area contributed by atoms with Crippen LogP contribution in [0, 0.1) is 5.92 Å². The molecule has 3 nitrogen and oxygen atoms in total. The first-order chi connectivity index (χ1) is 11.1. The lowest BCUT2D eigenvalue weighted by Gasteiger charge is -2.11. The highest BCUT2D eigenvalue weighted by atomic mass is 35.5. The van der Waals surface area contributed by atoms with Crippen LogP contribution in [0.2, 0.25) is 0 Å². The van der Waals surface area contributed by atoms with Crippen LogP contribution in [0.1, 0.15) is 97.3 Å². The molecule has 0 bridgehead atoms. The van der Waals surface area contributed by atoms with E-state index >= 15 is 0 Å². The van der Waals surface area contributed by atoms with Crippen LogP contribution >= 0.6 is 11.6 Å². The van der Waals surface area contributed by atoms with Crippen molar-refractivity contribution in [3.63, 3.8) is 0 Å². The molecule has 0 saturated heterocycles. The summed E-state index contributed by atoms with van der Waals surface area (Å²) in [5.74, 6) is 0.779. The van der Waals surface area contributed by atoms with Crippen molar-refractivity contribution >= 4 is 22.9 Å². The molecule has 0 saturated carbocycles. The van der Waals surface area contributed by atoms with Crippen molar-refractivity contribution in [3.8, 4) is 0 Å². The van der Waals surface area contributed by atoms with Gasteiger partial charge < -0.3 is 0 Å². The van der Waals surface area contributed by atoms with Crippen molar-refractivity contribution < 1.29 is 9.59 Å². The fourth-order valence-corrected chi connectivity index (χ4v) is 2.94. The van der Waals surface area contributed by atoms with Crippen molar-refractivity contribution in [2.75, 3.05) is 0 Å². The maximum Gasteiger partial charge on any atom is 0.235 e. The van der Waals surface area contributed by atoms with Crippen molar-refractivity contribution in [1.29, 1.82) is 0 Å². The van der Waals surface area contributed by atoms with Gasteiger partial charge in [-0.2, -0.15) is 0 Å². The van der Waals surface area contributed by atoms with Crippen LogP contribution in [-0.2, 0) is 9.59 Å². The predicted molar refractivity (Wildman–Crippen MR) is 97.6 cm³/mol. The number of carbonyl (C=O) groups excluding carboxylic acids is 2. The fraction of sp³-hybridized carbons (Fsp3) is 0.895. The van der Waals surface area contributed by atoms with E-state index in [2.05, 4.69) is 18.8 Å². The molecule has 1 atom stereocenters. The smallest absolute Gasteiger partial charge is 0.235 e. The van der Waals surface area contributed by atoms with Crippen LogP contribution in [0.15, 0.2) is 4.99 Å². The van der Waals surface area contributed by atoms with Crippen molar-refractivity contribution in [1.82, 2.24) is 0 Å². The van der Waals surface area contributed by atoms with Crippen molar-refractivity contribution in [2.45, 2.75) is 103 Å². The van der Waals surface area contributed by atoms with E-state index in [1.165, 1.54) is 32.1 Å². The van der Waals surface area contributed by atoms with Gasteiger partial charge in [0.1, 0.15) is 0 Å². The molecule has 0 aromatic rings. The maximum absolute atomic E-state index is 10.6. The molecule has 0 aromatic heterocycles. The molecule has 0 fully saturated rings. The van der Waals surface area contributed by atoms with E-state index in [1.807, 2.05) is 0 Å². The second-order valence-electron chi connectivity index (χ2n) is 6.92. The van der Waals surface area contributed by atoms with Gasteiger partial charge in [-0.15, -0.1) is 0 Å². The Labute approximate surface area is 147 Å². The van der Waals surface area contributed by atoms with Crippen molar-refractivity contribution in [2.24, 2.45) is 10.9 Å². The van der Waals surface area contributed by atoms with Gasteiger partial charge in [0.15, 0.2) is 0 Å². The minimum atomic E-state index is -0.229. The van der Waals surface area contributed by atoms with E-state index < -0.39 is 0 Å². The van der Waals surface area contributed by atoms with Gasteiger partial charge in [0, 0.05) is 6.42 Å². The van der Waals surface area contributed by atoms with Crippen LogP contribution in [0.25, 0.3) is 0 Å². The van der Waals surface area contributed by atoms with Gasteiger partial charge in [0.05, 0.1) is 6.04 Å². The molecule has 134 valence electrons. The van der Waals surface area contributed by atoms with Gasteiger partial charge in [-0.1, -0.05) is 71.6 Å². The lowest BCUT2D eigenvalue weighted by molar-refractivity contribution is -0.111. The van der Waals surface area contributed by atoms with Gasteiger partial charge >= 0.3 is 0 Å². The zero-order valence-electron chi connectivity index (χ0n) is 15.0. The molecular weight excluding hydrogens is 310 g/mol. The lowest BCUT2D eigenvalue weighted by atomic mass is 9.99. The third-order valence-electron chi connectivity index (χ3n) is 4.21. The maximum atomic E-state index is 10.6. The Morgan fingerprint density at radius 2 is 1.35 bits per heavy atom. The number of halogens is 1. The van der Waals surface area contributed by atoms with Gasteiger partial charge in [-0.3, -0.25) is 4.79 Å². The molecule has 0 aliphatic heterocycles. The number of isocyanates is 1. The van der Waals surface area contributed by atoms with Gasteiger partial charge in [0.2, 0.25) is 11.3 Å². The van der Waals surface area contributed by atoms with Gasteiger partial charge in [0.25, 0.3) is 0 Å². The van der Waals surface area contributed by atoms with Gasteiger partial charge in [-0.05, 0) is 36.8 Å². The summed E-state index contributed by atoms with van der Waals surface area (Å²) in [6.07, 6.45) is 15.8. The number of rotatable bonds is 16. The lowest BCUT2D eigenvalue weighted by Crippen LogP contribution is -2.04. The zero-order valence-corrected chi connectivity index (χ0v) is 15.7. The van der Waals surface area contributed by atoms with Crippen LogP contribution < -0.4 is 0 Å². The second kappa shape index (κ2) is 16.2. The first kappa shape index (κ1) is 22.3. The Morgan fingerprint density at radius 3 is 1.87 bits per heavy atom. The number of carbonyl (C=O) groups is 1. The molecule has 0 radical (unpaired) electrons. The zero-order chi connectivity index (χ0) is 17.3. The quantitative estimate of drug-likeness (QED) is 0.145. The van der Waals surface area contributed by atoms with E-state index in [9.17, 15) is 9.59 Å². The van der Waals surface area contributed by atoms with E-state index in [0.29, 0.717) is 6.42 Å². The standard InChI is InChI=1S/C19H34ClNO2/c1-17(2)12-8-7-10-14-18(21-16-22)13-9-5-3-4-6-11-15-19(20)23/h17-18H,3-15H2,1-2H3. The number of aliphatic imine (C=N–C) groups is 1. The second-order valence-corrected chi connectivity index (χ2v) is 7.34. The van der Waals surface area contributed by atoms with Crippen LogP contribution in [0.4, 0.5) is 0 Å². The molecule has 0 aliphatic rings. The SMILES string of the molecule is CC(C)CCCCCC(CCCCCCCCC(=O)Cl)N=C=O. The first-order valence-electron chi connectivity index (χ1n) is 9.31. The first-order valence-corrected chi connectivity index (χ1v) is 9.69. The number of hydrogen-bond acceptors (Lipinski definition) is 3. The summed E-state index contributed by atoms with van der Waals surface area (Å²) in [7, 11) is 0. The van der Waals surface area contributed by atoms with E-state index in [1.54, 1.807) is 6.08 Å². The van der Waals surface area contributed by atoms with E-state index in [-0.39, 0.29) is 11.3 Å². The molecule has 1 unspecified atom stereocenters. The highest BCUT2D eigenvalue weighted by molar-refractivity contribution is 6.63. The highest BCUT2D eigenvalue weighted by Gasteiger charge is 2.07. The molecule has 0 heterocycles. The van der Waals surface area contributed by atoms with Gasteiger partial charge in [-0.25, -0.2) is 9.79 Å². The van der Waals surface area contributed by atoms with Crippen LogP contribution in [0.3, 0.4) is 0 Å². The molecule has 4 heteroatoms. The third-order valence-corrected chi connectivity index (χ3v) is 4.40. The number of nitrogens with zero attached hydrogens (tertiary/aromatic N) is 1. The molecule has 0 spiro atoms. The molecular formula is C19H34ClNO2. The fourth-order valence-electron chi connectivity index (χ4n) is 2.81. The Kier molecular flexibility index (Phi) is 15.7. The minimum Gasteiger partial charge on any atom is -0.281 e. The summed E-state index contributed by atoms with van der Waals surface area (Å²) >= 11 is 5.30. The summed E-state index contributed by atoms with van der Waals surface area (Å²) in [5.41, 5.74) is 0. The summed E-state index contributed by atoms with van der Waals surface area (Å²) in [4.78, 5) is 25.1.